The van der Waals surface area contributed by atoms with E-state index in [0.29, 0.717) is 30.8 Å². The molecule has 2 aliphatic carbocycles. The Hall–Kier alpha value is -1.10. The second-order valence-electron chi connectivity index (χ2n) is 7.59. The lowest BCUT2D eigenvalue weighted by atomic mass is 9.75. The molecule has 2 aliphatic rings. The molecule has 0 aromatic rings. The summed E-state index contributed by atoms with van der Waals surface area (Å²) >= 11 is 0. The van der Waals surface area contributed by atoms with Crippen molar-refractivity contribution in [2.75, 3.05) is 6.61 Å². The molecule has 0 spiro atoms. The van der Waals surface area contributed by atoms with Crippen molar-refractivity contribution in [3.8, 4) is 0 Å². The maximum absolute atomic E-state index is 12.4. The SMILES string of the molecule is CCOC(=O)[C@@H](N)[C@H]1C[C@@H]1C(=O)O[C@@H]1C[C@H](C)CC[C@H]1C(C)C. The molecule has 0 bridgehead atoms. The summed E-state index contributed by atoms with van der Waals surface area (Å²) in [7, 11) is 0. The van der Waals surface area contributed by atoms with Crippen LogP contribution in [-0.4, -0.2) is 30.7 Å². The number of esters is 2. The topological polar surface area (TPSA) is 78.6 Å². The van der Waals surface area contributed by atoms with Crippen LogP contribution in [0.5, 0.6) is 0 Å². The monoisotopic (exact) mass is 325 g/mol. The number of carbonyl (C=O) groups is 2. The van der Waals surface area contributed by atoms with Crippen molar-refractivity contribution in [2.45, 2.75) is 65.5 Å². The standard InChI is InChI=1S/C18H31NO4/c1-5-22-18(21)16(19)13-9-14(13)17(20)23-15-8-11(4)6-7-12(15)10(2)3/h10-16H,5-9,19H2,1-4H3/t11-,12+,13+,14+,15-,16+/m1/s1. The molecule has 0 aromatic heterocycles. The highest BCUT2D eigenvalue weighted by Gasteiger charge is 2.51. The van der Waals surface area contributed by atoms with Crippen LogP contribution in [0.3, 0.4) is 0 Å². The molecule has 0 amide bonds. The summed E-state index contributed by atoms with van der Waals surface area (Å²) in [6.45, 7) is 8.66. The van der Waals surface area contributed by atoms with Gasteiger partial charge >= 0.3 is 11.9 Å². The highest BCUT2D eigenvalue weighted by molar-refractivity contribution is 5.81. The fraction of sp³-hybridized carbons (Fsp3) is 0.889. The first-order valence-corrected chi connectivity index (χ1v) is 8.97. The van der Waals surface area contributed by atoms with Crippen molar-refractivity contribution in [2.24, 2.45) is 35.3 Å². The number of ether oxygens (including phenoxy) is 2. The van der Waals surface area contributed by atoms with Crippen LogP contribution in [0.25, 0.3) is 0 Å². The van der Waals surface area contributed by atoms with E-state index in [2.05, 4.69) is 20.8 Å². The Kier molecular flexibility index (Phi) is 6.06. The molecule has 0 radical (unpaired) electrons. The molecule has 0 unspecified atom stereocenters. The molecule has 0 heterocycles. The number of hydrogen-bond donors (Lipinski definition) is 1. The van der Waals surface area contributed by atoms with Gasteiger partial charge in [0.1, 0.15) is 12.1 Å². The van der Waals surface area contributed by atoms with E-state index in [1.165, 1.54) is 6.42 Å². The van der Waals surface area contributed by atoms with Crippen molar-refractivity contribution in [1.29, 1.82) is 0 Å². The molecule has 132 valence electrons. The van der Waals surface area contributed by atoms with Gasteiger partial charge < -0.3 is 15.2 Å². The van der Waals surface area contributed by atoms with Crippen molar-refractivity contribution in [3.63, 3.8) is 0 Å². The minimum absolute atomic E-state index is 0.00585. The number of nitrogens with two attached hydrogens (primary N) is 1. The summed E-state index contributed by atoms with van der Waals surface area (Å²) in [5.74, 6) is 0.584. The van der Waals surface area contributed by atoms with Gasteiger partial charge in [0, 0.05) is 0 Å². The van der Waals surface area contributed by atoms with Gasteiger partial charge in [0.05, 0.1) is 12.5 Å². The summed E-state index contributed by atoms with van der Waals surface area (Å²) < 4.78 is 10.8. The molecule has 0 saturated heterocycles. The second kappa shape index (κ2) is 7.65. The van der Waals surface area contributed by atoms with Crippen LogP contribution in [0.15, 0.2) is 0 Å². The van der Waals surface area contributed by atoms with E-state index >= 15 is 0 Å². The van der Waals surface area contributed by atoms with Gasteiger partial charge in [-0.2, -0.15) is 0 Å². The van der Waals surface area contributed by atoms with Gasteiger partial charge in [-0.1, -0.05) is 27.2 Å². The Morgan fingerprint density at radius 3 is 2.48 bits per heavy atom. The van der Waals surface area contributed by atoms with Gasteiger partial charge in [-0.3, -0.25) is 9.59 Å². The highest BCUT2D eigenvalue weighted by Crippen LogP contribution is 2.43. The Bertz CT molecular complexity index is 437. The second-order valence-corrected chi connectivity index (χ2v) is 7.59. The van der Waals surface area contributed by atoms with Crippen LogP contribution in [0, 0.1) is 29.6 Å². The Balaban J connectivity index is 1.88. The van der Waals surface area contributed by atoms with E-state index in [0.717, 1.165) is 12.8 Å². The summed E-state index contributed by atoms with van der Waals surface area (Å²) in [5.41, 5.74) is 5.89. The number of rotatable bonds is 6. The Labute approximate surface area is 139 Å². The Morgan fingerprint density at radius 2 is 1.87 bits per heavy atom. The largest absolute Gasteiger partial charge is 0.465 e. The first kappa shape index (κ1) is 18.2. The molecule has 23 heavy (non-hydrogen) atoms. The zero-order valence-corrected chi connectivity index (χ0v) is 14.8. The third-order valence-corrected chi connectivity index (χ3v) is 5.39. The van der Waals surface area contributed by atoms with E-state index in [9.17, 15) is 9.59 Å². The molecular formula is C18H31NO4. The molecule has 0 aliphatic heterocycles. The minimum atomic E-state index is -0.710. The third kappa shape index (κ3) is 4.46. The maximum atomic E-state index is 12.4. The van der Waals surface area contributed by atoms with Crippen LogP contribution in [0.4, 0.5) is 0 Å². The van der Waals surface area contributed by atoms with Crippen LogP contribution in [-0.2, 0) is 19.1 Å². The normalized spacial score (nSPS) is 34.8. The van der Waals surface area contributed by atoms with Crippen LogP contribution >= 0.6 is 0 Å². The molecule has 2 rings (SSSR count). The average molecular weight is 325 g/mol. The summed E-state index contributed by atoms with van der Waals surface area (Å²) in [6.07, 6.45) is 3.90. The predicted molar refractivity (Wildman–Crippen MR) is 87.4 cm³/mol. The quantitative estimate of drug-likeness (QED) is 0.759. The summed E-state index contributed by atoms with van der Waals surface area (Å²) in [5, 5.41) is 0. The maximum Gasteiger partial charge on any atom is 0.323 e. The van der Waals surface area contributed by atoms with Gasteiger partial charge in [-0.15, -0.1) is 0 Å². The molecular weight excluding hydrogens is 294 g/mol. The molecule has 5 nitrogen and oxygen atoms in total. The zero-order valence-electron chi connectivity index (χ0n) is 14.8. The van der Waals surface area contributed by atoms with Crippen molar-refractivity contribution in [1.82, 2.24) is 0 Å². The molecule has 0 aromatic carbocycles. The average Bonchev–Trinajstić information content (AvgIpc) is 3.27. The van der Waals surface area contributed by atoms with Crippen molar-refractivity contribution >= 4 is 11.9 Å². The van der Waals surface area contributed by atoms with Crippen LogP contribution in [0.2, 0.25) is 0 Å². The lowest BCUT2D eigenvalue weighted by molar-refractivity contribution is -0.158. The highest BCUT2D eigenvalue weighted by atomic mass is 16.5. The van der Waals surface area contributed by atoms with Gasteiger partial charge in [0.25, 0.3) is 0 Å². The smallest absolute Gasteiger partial charge is 0.323 e. The fourth-order valence-corrected chi connectivity index (χ4v) is 3.78. The molecule has 6 atom stereocenters. The summed E-state index contributed by atoms with van der Waals surface area (Å²) in [4.78, 5) is 24.1. The van der Waals surface area contributed by atoms with Crippen LogP contribution in [0.1, 0.15) is 53.4 Å². The number of hydrogen-bond acceptors (Lipinski definition) is 5. The predicted octanol–water partition coefficient (Wildman–Crippen LogP) is 2.52. The number of carbonyl (C=O) groups excluding carboxylic acids is 2. The zero-order chi connectivity index (χ0) is 17.1. The summed E-state index contributed by atoms with van der Waals surface area (Å²) in [6, 6.07) is -0.710. The van der Waals surface area contributed by atoms with E-state index in [1.54, 1.807) is 6.92 Å². The van der Waals surface area contributed by atoms with E-state index in [4.69, 9.17) is 15.2 Å². The van der Waals surface area contributed by atoms with Gasteiger partial charge in [-0.25, -0.2) is 0 Å². The molecule has 2 fully saturated rings. The van der Waals surface area contributed by atoms with E-state index < -0.39 is 12.0 Å². The van der Waals surface area contributed by atoms with Gasteiger partial charge in [-0.05, 0) is 49.9 Å². The van der Waals surface area contributed by atoms with Gasteiger partial charge in [0.15, 0.2) is 0 Å². The lowest BCUT2D eigenvalue weighted by Gasteiger charge is -2.36. The molecule has 5 heteroatoms. The molecule has 2 saturated carbocycles. The Morgan fingerprint density at radius 1 is 1.17 bits per heavy atom. The van der Waals surface area contributed by atoms with Crippen LogP contribution < -0.4 is 5.73 Å². The first-order chi connectivity index (χ1) is 10.8. The first-order valence-electron chi connectivity index (χ1n) is 8.97. The van der Waals surface area contributed by atoms with Crippen molar-refractivity contribution < 1.29 is 19.1 Å². The minimum Gasteiger partial charge on any atom is -0.465 e. The van der Waals surface area contributed by atoms with E-state index in [1.807, 2.05) is 0 Å². The van der Waals surface area contributed by atoms with Crippen molar-refractivity contribution in [3.05, 3.63) is 0 Å². The lowest BCUT2D eigenvalue weighted by Crippen LogP contribution is -2.38. The third-order valence-electron chi connectivity index (χ3n) is 5.39. The van der Waals surface area contributed by atoms with Gasteiger partial charge in [0.2, 0.25) is 0 Å². The fourth-order valence-electron chi connectivity index (χ4n) is 3.78. The molecule has 2 N–H and O–H groups in total. The van der Waals surface area contributed by atoms with E-state index in [-0.39, 0.29) is 23.9 Å².